The molecule has 0 saturated carbocycles. The van der Waals surface area contributed by atoms with Crippen LogP contribution in [0.1, 0.15) is 27.2 Å². The Labute approximate surface area is 128 Å². The molecule has 0 aliphatic carbocycles. The Morgan fingerprint density at radius 1 is 1.33 bits per heavy atom. The normalized spacial score (nSPS) is 10.3. The van der Waals surface area contributed by atoms with Crippen molar-refractivity contribution in [2.45, 2.75) is 20.5 Å². The number of halogens is 1. The van der Waals surface area contributed by atoms with Gasteiger partial charge in [-0.3, -0.25) is 9.78 Å². The number of carbonyl (C=O) groups excluding carboxylic acids is 1. The van der Waals surface area contributed by atoms with Crippen LogP contribution in [0, 0.1) is 13.8 Å². The lowest BCUT2D eigenvalue weighted by Gasteiger charge is -2.13. The third-order valence-corrected chi connectivity index (χ3v) is 3.50. The maximum absolute atomic E-state index is 10.7. The van der Waals surface area contributed by atoms with Crippen LogP contribution in [0.3, 0.4) is 0 Å². The summed E-state index contributed by atoms with van der Waals surface area (Å²) in [7, 11) is 1.63. The van der Waals surface area contributed by atoms with Crippen molar-refractivity contribution in [1.29, 1.82) is 0 Å². The quantitative estimate of drug-likeness (QED) is 0.789. The Hall–Kier alpha value is -2.07. The zero-order valence-electron chi connectivity index (χ0n) is 12.1. The summed E-state index contributed by atoms with van der Waals surface area (Å²) in [5.74, 6) is 1.33. The van der Waals surface area contributed by atoms with Crippen LogP contribution in [0.25, 0.3) is 0 Å². The average Bonchev–Trinajstić information content (AvgIpc) is 2.48. The summed E-state index contributed by atoms with van der Waals surface area (Å²) in [5.41, 5.74) is 3.22. The molecule has 1 aromatic heterocycles. The molecule has 0 N–H and O–H groups in total. The van der Waals surface area contributed by atoms with E-state index in [0.717, 1.165) is 28.9 Å². The average molecular weight is 306 g/mol. The second kappa shape index (κ2) is 6.59. The second-order valence-electron chi connectivity index (χ2n) is 4.64. The smallest absolute Gasteiger partial charge is 0.150 e. The van der Waals surface area contributed by atoms with E-state index in [1.165, 1.54) is 0 Å². The summed E-state index contributed by atoms with van der Waals surface area (Å²) >= 11 is 6.07. The topological polar surface area (TPSA) is 48.4 Å². The van der Waals surface area contributed by atoms with E-state index in [4.69, 9.17) is 21.1 Å². The lowest BCUT2D eigenvalue weighted by molar-refractivity contribution is 0.112. The number of methoxy groups -OCH3 is 1. The van der Waals surface area contributed by atoms with Gasteiger partial charge in [0.2, 0.25) is 0 Å². The Morgan fingerprint density at radius 2 is 2.10 bits per heavy atom. The van der Waals surface area contributed by atoms with Gasteiger partial charge in [0.05, 0.1) is 17.8 Å². The van der Waals surface area contributed by atoms with Gasteiger partial charge in [0.15, 0.2) is 0 Å². The molecule has 0 radical (unpaired) electrons. The molecular formula is C16H16ClNO3. The fourth-order valence-corrected chi connectivity index (χ4v) is 2.31. The summed E-state index contributed by atoms with van der Waals surface area (Å²) in [6.45, 7) is 4.16. The van der Waals surface area contributed by atoms with E-state index >= 15 is 0 Å². The molecule has 2 rings (SSSR count). The fraction of sp³-hybridized carbons (Fsp3) is 0.250. The van der Waals surface area contributed by atoms with E-state index in [9.17, 15) is 4.79 Å². The predicted molar refractivity (Wildman–Crippen MR) is 81.4 cm³/mol. The van der Waals surface area contributed by atoms with Gasteiger partial charge in [-0.15, -0.1) is 0 Å². The van der Waals surface area contributed by atoms with E-state index < -0.39 is 0 Å². The van der Waals surface area contributed by atoms with Gasteiger partial charge in [-0.1, -0.05) is 11.6 Å². The van der Waals surface area contributed by atoms with Crippen molar-refractivity contribution in [1.82, 2.24) is 4.98 Å². The van der Waals surface area contributed by atoms with Crippen molar-refractivity contribution < 1.29 is 14.3 Å². The molecule has 1 aromatic carbocycles. The molecule has 4 nitrogen and oxygen atoms in total. The van der Waals surface area contributed by atoms with Crippen LogP contribution in [0.5, 0.6) is 11.5 Å². The number of aromatic nitrogens is 1. The molecule has 21 heavy (non-hydrogen) atoms. The van der Waals surface area contributed by atoms with Gasteiger partial charge in [0, 0.05) is 22.9 Å². The molecule has 0 bridgehead atoms. The van der Waals surface area contributed by atoms with Gasteiger partial charge in [-0.05, 0) is 32.0 Å². The first-order chi connectivity index (χ1) is 10.1. The number of nitrogens with zero attached hydrogens (tertiary/aromatic N) is 1. The Morgan fingerprint density at radius 3 is 2.71 bits per heavy atom. The minimum atomic E-state index is 0.280. The van der Waals surface area contributed by atoms with Crippen molar-refractivity contribution in [3.05, 3.63) is 51.8 Å². The number of ether oxygens (including phenoxy) is 2. The van der Waals surface area contributed by atoms with E-state index in [-0.39, 0.29) is 6.61 Å². The Kier molecular flexibility index (Phi) is 4.81. The molecule has 0 atom stereocenters. The predicted octanol–water partition coefficient (Wildman–Crippen LogP) is 3.75. The summed E-state index contributed by atoms with van der Waals surface area (Å²) in [4.78, 5) is 15.0. The third kappa shape index (κ3) is 3.34. The van der Waals surface area contributed by atoms with Gasteiger partial charge in [-0.25, -0.2) is 0 Å². The Balaban J connectivity index is 2.19. The maximum atomic E-state index is 10.7. The number of aryl methyl sites for hydroxylation is 1. The van der Waals surface area contributed by atoms with E-state index in [1.54, 1.807) is 31.5 Å². The number of rotatable bonds is 5. The van der Waals surface area contributed by atoms with Crippen molar-refractivity contribution in [3.63, 3.8) is 0 Å². The van der Waals surface area contributed by atoms with Crippen molar-refractivity contribution in [3.8, 4) is 11.5 Å². The number of benzene rings is 1. The van der Waals surface area contributed by atoms with Crippen LogP contribution in [-0.2, 0) is 6.61 Å². The lowest BCUT2D eigenvalue weighted by atomic mass is 10.1. The second-order valence-corrected chi connectivity index (χ2v) is 5.05. The van der Waals surface area contributed by atoms with Crippen LogP contribution in [0.15, 0.2) is 24.4 Å². The summed E-state index contributed by atoms with van der Waals surface area (Å²) < 4.78 is 11.0. The van der Waals surface area contributed by atoms with Crippen molar-refractivity contribution in [2.75, 3.05) is 7.11 Å². The highest BCUT2D eigenvalue weighted by atomic mass is 35.5. The summed E-state index contributed by atoms with van der Waals surface area (Å²) in [6.07, 6.45) is 2.49. The van der Waals surface area contributed by atoms with Gasteiger partial charge in [-0.2, -0.15) is 0 Å². The first-order valence-electron chi connectivity index (χ1n) is 6.43. The molecular weight excluding hydrogens is 290 g/mol. The first-order valence-corrected chi connectivity index (χ1v) is 6.81. The zero-order valence-corrected chi connectivity index (χ0v) is 12.9. The van der Waals surface area contributed by atoms with Crippen LogP contribution >= 0.6 is 11.6 Å². The molecule has 0 fully saturated rings. The van der Waals surface area contributed by atoms with Gasteiger partial charge >= 0.3 is 0 Å². The number of hydrogen-bond acceptors (Lipinski definition) is 4. The first kappa shape index (κ1) is 15.3. The minimum absolute atomic E-state index is 0.280. The van der Waals surface area contributed by atoms with E-state index in [0.29, 0.717) is 16.3 Å². The molecule has 2 aromatic rings. The highest BCUT2D eigenvalue weighted by molar-refractivity contribution is 6.32. The number of aldehydes is 1. The SMILES string of the molecule is COc1c(C)cnc(COc2ccc(C=O)cc2Cl)c1C. The van der Waals surface area contributed by atoms with Crippen molar-refractivity contribution >= 4 is 17.9 Å². The largest absolute Gasteiger partial charge is 0.496 e. The zero-order chi connectivity index (χ0) is 15.4. The van der Waals surface area contributed by atoms with Gasteiger partial charge in [0.1, 0.15) is 24.4 Å². The summed E-state index contributed by atoms with van der Waals surface area (Å²) in [5, 5.41) is 0.399. The van der Waals surface area contributed by atoms with Gasteiger partial charge < -0.3 is 9.47 Å². The molecule has 0 saturated heterocycles. The molecule has 0 amide bonds. The molecule has 0 unspecified atom stereocenters. The van der Waals surface area contributed by atoms with E-state index in [1.807, 2.05) is 13.8 Å². The molecule has 0 aliphatic heterocycles. The molecule has 0 aliphatic rings. The fourth-order valence-electron chi connectivity index (χ4n) is 2.07. The van der Waals surface area contributed by atoms with Gasteiger partial charge in [0.25, 0.3) is 0 Å². The molecule has 0 spiro atoms. The maximum Gasteiger partial charge on any atom is 0.150 e. The molecule has 1 heterocycles. The summed E-state index contributed by atoms with van der Waals surface area (Å²) in [6, 6.07) is 4.90. The highest BCUT2D eigenvalue weighted by Gasteiger charge is 2.11. The highest BCUT2D eigenvalue weighted by Crippen LogP contribution is 2.28. The number of hydrogen-bond donors (Lipinski definition) is 0. The van der Waals surface area contributed by atoms with Crippen LogP contribution < -0.4 is 9.47 Å². The number of pyridine rings is 1. The van der Waals surface area contributed by atoms with Crippen LogP contribution in [0.2, 0.25) is 5.02 Å². The lowest BCUT2D eigenvalue weighted by Crippen LogP contribution is -2.04. The standard InChI is InChI=1S/C16H16ClNO3/c1-10-7-18-14(11(2)16(10)20-3)9-21-15-5-4-12(8-19)6-13(15)17/h4-8H,9H2,1-3H3. The number of carbonyl (C=O) groups is 1. The van der Waals surface area contributed by atoms with Crippen molar-refractivity contribution in [2.24, 2.45) is 0 Å². The Bertz CT molecular complexity index is 671. The van der Waals surface area contributed by atoms with Crippen LogP contribution in [-0.4, -0.2) is 18.4 Å². The third-order valence-electron chi connectivity index (χ3n) is 3.21. The molecule has 5 heteroatoms. The van der Waals surface area contributed by atoms with E-state index in [2.05, 4.69) is 4.98 Å². The molecule has 110 valence electrons. The minimum Gasteiger partial charge on any atom is -0.496 e. The monoisotopic (exact) mass is 305 g/mol. The van der Waals surface area contributed by atoms with Crippen LogP contribution in [0.4, 0.5) is 0 Å².